The van der Waals surface area contributed by atoms with Gasteiger partial charge in [0.25, 0.3) is 0 Å². The van der Waals surface area contributed by atoms with Gasteiger partial charge in [-0.05, 0) is 60.2 Å². The number of anilines is 2. The van der Waals surface area contributed by atoms with Gasteiger partial charge in [-0.15, -0.1) is 0 Å². The smallest absolute Gasteiger partial charge is 0.416 e. The van der Waals surface area contributed by atoms with E-state index in [0.29, 0.717) is 21.2 Å². The second-order valence-electron chi connectivity index (χ2n) is 9.87. The molecule has 4 aromatic rings. The molecule has 1 fully saturated rings. The Morgan fingerprint density at radius 2 is 1.67 bits per heavy atom. The van der Waals surface area contributed by atoms with Gasteiger partial charge in [0.05, 0.1) is 22.2 Å². The fourth-order valence-electron chi connectivity index (χ4n) is 5.26. The van der Waals surface area contributed by atoms with Gasteiger partial charge in [0, 0.05) is 21.0 Å². The highest BCUT2D eigenvalue weighted by Gasteiger charge is 2.56. The first kappa shape index (κ1) is 29.2. The number of imide groups is 1. The number of nitrogens with one attached hydrogen (secondary N) is 1. The third-order valence-corrected chi connectivity index (χ3v) is 10.3. The Balaban J connectivity index is 1.37. The van der Waals surface area contributed by atoms with Crippen LogP contribution in [0.5, 0.6) is 5.75 Å². The molecule has 3 heterocycles. The van der Waals surface area contributed by atoms with Gasteiger partial charge in [0.15, 0.2) is 0 Å². The van der Waals surface area contributed by atoms with Gasteiger partial charge in [-0.25, -0.2) is 4.90 Å². The largest absolute Gasteiger partial charge is 0.508 e. The van der Waals surface area contributed by atoms with Crippen molar-refractivity contribution in [1.82, 2.24) is 4.57 Å². The van der Waals surface area contributed by atoms with E-state index in [2.05, 4.69) is 21.2 Å². The van der Waals surface area contributed by atoms with E-state index in [1.165, 1.54) is 22.8 Å². The summed E-state index contributed by atoms with van der Waals surface area (Å²) in [6.07, 6.45) is -4.60. The fourth-order valence-corrected chi connectivity index (χ4v) is 8.30. The average Bonchev–Trinajstić information content (AvgIpc) is 3.40. The van der Waals surface area contributed by atoms with Crippen LogP contribution in [0.15, 0.2) is 87.1 Å². The maximum absolute atomic E-state index is 13.9. The summed E-state index contributed by atoms with van der Waals surface area (Å²) in [5.41, 5.74) is -0.0457. The number of carbonyl (C=O) groups excluding carboxylic acids is 3. The highest BCUT2D eigenvalue weighted by Crippen LogP contribution is 2.54. The van der Waals surface area contributed by atoms with Crippen molar-refractivity contribution < 1.29 is 32.7 Å². The zero-order valence-electron chi connectivity index (χ0n) is 21.7. The molecule has 8 nitrogen and oxygen atoms in total. The van der Waals surface area contributed by atoms with Crippen molar-refractivity contribution in [1.29, 1.82) is 0 Å². The zero-order chi connectivity index (χ0) is 30.6. The van der Waals surface area contributed by atoms with E-state index in [1.54, 1.807) is 36.4 Å². The molecule has 3 aromatic carbocycles. The minimum atomic E-state index is -4.60. The summed E-state index contributed by atoms with van der Waals surface area (Å²) in [6, 6.07) is 17.0. The molecule has 0 spiro atoms. The van der Waals surface area contributed by atoms with E-state index >= 15 is 0 Å². The molecule has 1 aromatic heterocycles. The molecular weight excluding hydrogens is 671 g/mol. The topological polar surface area (TPSA) is 109 Å². The standard InChI is InChI=1S/C29H19BrF3N3O5S2/c30-16-6-8-18(9-7-16)36-25(39)22-21(14-4-10-19(37)11-5-14)24-27(42-23(22)26(36)40)35(28(41)43-24)13-20(38)34-17-3-1-2-15(12-17)29(31,32)33/h1-12,21-23,37H,13H2,(H,34,38)/t21-,22?,23?/m0/s1. The Morgan fingerprint density at radius 3 is 2.35 bits per heavy atom. The summed E-state index contributed by atoms with van der Waals surface area (Å²) in [5, 5.41) is 11.7. The molecule has 0 bridgehead atoms. The molecule has 1 saturated heterocycles. The van der Waals surface area contributed by atoms with Crippen molar-refractivity contribution in [3.05, 3.63) is 103 Å². The number of nitrogens with zero attached hydrogens (tertiary/aromatic N) is 2. The van der Waals surface area contributed by atoms with Crippen LogP contribution in [0.25, 0.3) is 0 Å². The molecule has 220 valence electrons. The van der Waals surface area contributed by atoms with Crippen molar-refractivity contribution in [3.63, 3.8) is 0 Å². The number of hydrogen-bond acceptors (Lipinski definition) is 7. The lowest BCUT2D eigenvalue weighted by atomic mass is 9.83. The van der Waals surface area contributed by atoms with E-state index < -0.39 is 58.0 Å². The number of fused-ring (bicyclic) bond motifs is 2. The Labute approximate surface area is 258 Å². The van der Waals surface area contributed by atoms with E-state index in [1.807, 2.05) is 0 Å². The van der Waals surface area contributed by atoms with E-state index in [0.717, 1.165) is 50.7 Å². The molecule has 0 radical (unpaired) electrons. The minimum Gasteiger partial charge on any atom is -0.508 e. The van der Waals surface area contributed by atoms with E-state index in [-0.39, 0.29) is 11.4 Å². The Morgan fingerprint density at radius 1 is 0.977 bits per heavy atom. The lowest BCUT2D eigenvalue weighted by molar-refractivity contribution is -0.137. The Kier molecular flexibility index (Phi) is 7.47. The normalized spacial score (nSPS) is 19.7. The molecule has 6 rings (SSSR count). The lowest BCUT2D eigenvalue weighted by Gasteiger charge is -2.30. The van der Waals surface area contributed by atoms with Crippen LogP contribution in [0.1, 0.15) is 21.9 Å². The summed E-state index contributed by atoms with van der Waals surface area (Å²) in [5.74, 6) is -3.27. The average molecular weight is 691 g/mol. The number of halogens is 4. The van der Waals surface area contributed by atoms with Gasteiger partial charge in [-0.3, -0.25) is 23.7 Å². The number of benzene rings is 3. The van der Waals surface area contributed by atoms with E-state index in [4.69, 9.17) is 0 Å². The first-order valence-corrected chi connectivity index (χ1v) is 15.2. The third-order valence-electron chi connectivity index (χ3n) is 7.16. The molecule has 2 unspecified atom stereocenters. The first-order valence-electron chi connectivity index (χ1n) is 12.7. The SMILES string of the molecule is O=C(Cn1c2c(sc1=O)[C@@H](c1ccc(O)cc1)C1C(=O)N(c3ccc(Br)cc3)C(=O)C1S2)Nc1cccc(C(F)(F)F)c1. The van der Waals surface area contributed by atoms with Gasteiger partial charge >= 0.3 is 11.0 Å². The maximum Gasteiger partial charge on any atom is 0.416 e. The van der Waals surface area contributed by atoms with Gasteiger partial charge in [-0.1, -0.05) is 57.2 Å². The van der Waals surface area contributed by atoms with Crippen molar-refractivity contribution in [2.24, 2.45) is 5.92 Å². The Bertz CT molecular complexity index is 1820. The van der Waals surface area contributed by atoms with Crippen molar-refractivity contribution in [2.45, 2.75) is 28.9 Å². The quantitative estimate of drug-likeness (QED) is 0.255. The van der Waals surface area contributed by atoms with Crippen molar-refractivity contribution in [2.75, 3.05) is 10.2 Å². The van der Waals surface area contributed by atoms with E-state index in [9.17, 15) is 37.5 Å². The molecule has 0 aliphatic carbocycles. The fraction of sp³-hybridized carbons (Fsp3) is 0.172. The first-order chi connectivity index (χ1) is 20.4. The summed E-state index contributed by atoms with van der Waals surface area (Å²) in [7, 11) is 0. The highest BCUT2D eigenvalue weighted by molar-refractivity contribution is 9.10. The summed E-state index contributed by atoms with van der Waals surface area (Å²) < 4.78 is 41.4. The number of aromatic nitrogens is 1. The number of amides is 3. The molecule has 2 aliphatic heterocycles. The number of thioether (sulfide) groups is 1. The molecule has 2 aliphatic rings. The summed E-state index contributed by atoms with van der Waals surface area (Å²) >= 11 is 5.20. The van der Waals surface area contributed by atoms with Gasteiger partial charge < -0.3 is 10.4 Å². The maximum atomic E-state index is 13.9. The highest BCUT2D eigenvalue weighted by atomic mass is 79.9. The van der Waals surface area contributed by atoms with Crippen LogP contribution in [0.3, 0.4) is 0 Å². The predicted molar refractivity (Wildman–Crippen MR) is 158 cm³/mol. The van der Waals surface area contributed by atoms with Crippen LogP contribution in [0.4, 0.5) is 24.5 Å². The number of rotatable bonds is 5. The second kappa shape index (κ2) is 11.0. The van der Waals surface area contributed by atoms with Gasteiger partial charge in [0.2, 0.25) is 17.7 Å². The number of carbonyl (C=O) groups is 3. The van der Waals surface area contributed by atoms with Crippen molar-refractivity contribution in [3.8, 4) is 5.75 Å². The number of alkyl halides is 3. The number of hydrogen-bond donors (Lipinski definition) is 2. The number of phenols is 1. The second-order valence-corrected chi connectivity index (χ2v) is 12.9. The van der Waals surface area contributed by atoms with Gasteiger partial charge in [0.1, 0.15) is 17.5 Å². The predicted octanol–water partition coefficient (Wildman–Crippen LogP) is 5.83. The van der Waals surface area contributed by atoms with Crippen LogP contribution >= 0.6 is 39.0 Å². The lowest BCUT2D eigenvalue weighted by Crippen LogP contribution is -2.33. The molecule has 2 N–H and O–H groups in total. The minimum absolute atomic E-state index is 0.00644. The molecule has 3 atom stereocenters. The van der Waals surface area contributed by atoms with Gasteiger partial charge in [-0.2, -0.15) is 13.2 Å². The monoisotopic (exact) mass is 689 g/mol. The zero-order valence-corrected chi connectivity index (χ0v) is 24.9. The summed E-state index contributed by atoms with van der Waals surface area (Å²) in [6.45, 7) is -0.522. The molecule has 0 saturated carbocycles. The van der Waals surface area contributed by atoms with Crippen molar-refractivity contribution >= 4 is 68.1 Å². The number of phenolic OH excluding ortho intramolecular Hbond substituents is 1. The molecular formula is C29H19BrF3N3O5S2. The molecule has 3 amide bonds. The number of thiazole rings is 1. The third kappa shape index (κ3) is 5.38. The number of aromatic hydroxyl groups is 1. The van der Waals surface area contributed by atoms with Crippen LogP contribution in [-0.4, -0.2) is 32.6 Å². The molecule has 14 heteroatoms. The van der Waals surface area contributed by atoms with Crippen LogP contribution < -0.4 is 15.1 Å². The van der Waals surface area contributed by atoms with Crippen LogP contribution in [0, 0.1) is 5.92 Å². The summed E-state index contributed by atoms with van der Waals surface area (Å²) in [4.78, 5) is 54.9. The molecule has 43 heavy (non-hydrogen) atoms. The van der Waals surface area contributed by atoms with Crippen LogP contribution in [-0.2, 0) is 27.1 Å². The Hall–Kier alpha value is -3.88. The van der Waals surface area contributed by atoms with Crippen LogP contribution in [0.2, 0.25) is 0 Å².